The van der Waals surface area contributed by atoms with E-state index in [1.165, 1.54) is 19.6 Å². The van der Waals surface area contributed by atoms with Crippen LogP contribution in [0.5, 0.6) is 0 Å². The maximum Gasteiger partial charge on any atom is 0.424 e. The minimum absolute atomic E-state index is 0.404. The van der Waals surface area contributed by atoms with Crippen molar-refractivity contribution in [3.63, 3.8) is 0 Å². The number of rotatable bonds is 7. The molecule has 4 aliphatic heterocycles. The van der Waals surface area contributed by atoms with Crippen LogP contribution in [0.2, 0.25) is 0 Å². The molecule has 4 fully saturated rings. The molecule has 0 bridgehead atoms. The van der Waals surface area contributed by atoms with Gasteiger partial charge in [0.2, 0.25) is 0 Å². The molecule has 0 N–H and O–H groups in total. The number of carbonyl (C=O) groups is 8. The van der Waals surface area contributed by atoms with Crippen molar-refractivity contribution in [2.75, 3.05) is 52.5 Å². The van der Waals surface area contributed by atoms with Crippen molar-refractivity contribution in [2.45, 2.75) is 116 Å². The molecule has 0 aliphatic carbocycles. The lowest BCUT2D eigenvalue weighted by atomic mass is 9.99. The van der Waals surface area contributed by atoms with E-state index in [1.54, 1.807) is 55.4 Å². The van der Waals surface area contributed by atoms with Crippen LogP contribution in [0.4, 0.5) is 19.2 Å². The summed E-state index contributed by atoms with van der Waals surface area (Å²) in [4.78, 5) is 113. The van der Waals surface area contributed by atoms with E-state index in [2.05, 4.69) is 0 Å². The highest BCUT2D eigenvalue weighted by atomic mass is 16.6. The van der Waals surface area contributed by atoms with Crippen LogP contribution < -0.4 is 0 Å². The molecule has 4 heterocycles. The summed E-state index contributed by atoms with van der Waals surface area (Å²) in [6, 6.07) is -4.32. The number of hydrogen-bond donors (Lipinski definition) is 0. The largest absolute Gasteiger partial charge is 0.447 e. The van der Waals surface area contributed by atoms with Crippen molar-refractivity contribution in [2.24, 2.45) is 0 Å². The van der Waals surface area contributed by atoms with Crippen LogP contribution in [0.1, 0.15) is 81.1 Å². The van der Waals surface area contributed by atoms with E-state index in [0.29, 0.717) is 36.0 Å². The molecular formula is C34H52N6O12. The highest BCUT2D eigenvalue weighted by Gasteiger charge is 2.51. The van der Waals surface area contributed by atoms with Crippen LogP contribution in [-0.4, -0.2) is 165 Å². The number of amides is 8. The molecule has 18 heteroatoms. The van der Waals surface area contributed by atoms with Crippen molar-refractivity contribution in [1.82, 2.24) is 29.4 Å². The van der Waals surface area contributed by atoms with E-state index in [1.807, 2.05) is 0 Å². The Kier molecular flexibility index (Phi) is 12.6. The normalized spacial score (nSPS) is 23.5. The average Bonchev–Trinajstić information content (AvgIpc) is 3.76. The maximum atomic E-state index is 13.9. The van der Waals surface area contributed by atoms with Gasteiger partial charge in [-0.05, 0) is 81.1 Å². The Morgan fingerprint density at radius 3 is 1.17 bits per heavy atom. The highest BCUT2D eigenvalue weighted by molar-refractivity contribution is 6.13. The molecule has 4 saturated heterocycles. The zero-order valence-electron chi connectivity index (χ0n) is 31.4. The summed E-state index contributed by atoms with van der Waals surface area (Å²) in [6.07, 6.45) is -0.459. The van der Waals surface area contributed by atoms with Crippen LogP contribution in [0.3, 0.4) is 0 Å². The minimum Gasteiger partial charge on any atom is -0.447 e. The first-order valence-corrected chi connectivity index (χ1v) is 17.7. The first-order valence-electron chi connectivity index (χ1n) is 17.7. The van der Waals surface area contributed by atoms with E-state index >= 15 is 0 Å². The molecule has 0 radical (unpaired) electrons. The molecule has 0 aromatic carbocycles. The Labute approximate surface area is 303 Å². The number of hydrogen-bond acceptors (Lipinski definition) is 14. The molecule has 290 valence electrons. The van der Waals surface area contributed by atoms with Gasteiger partial charge in [-0.1, -0.05) is 0 Å². The molecule has 0 spiro atoms. The van der Waals surface area contributed by atoms with E-state index < -0.39 is 110 Å². The standard InChI is InChI=1S/C34H52N6O12/c1-21(37-17-25(41)39(31(47)51-33(3,4)5)27(43)23(37)19-49-29(45)35-13-9-10-14-35)22(2)38-18-26(42)40(32(48)52-34(6,7)8)28(44)24(38)20-50-30(46)36-15-11-12-16-36/h21-24H,9-20H2,1-8H3. The third kappa shape index (κ3) is 9.56. The molecule has 4 atom stereocenters. The third-order valence-electron chi connectivity index (χ3n) is 9.30. The van der Waals surface area contributed by atoms with Crippen LogP contribution in [0, 0.1) is 0 Å². The second-order valence-electron chi connectivity index (χ2n) is 15.5. The van der Waals surface area contributed by atoms with Gasteiger partial charge in [-0.25, -0.2) is 19.2 Å². The van der Waals surface area contributed by atoms with Crippen molar-refractivity contribution in [3.8, 4) is 0 Å². The lowest BCUT2D eigenvalue weighted by molar-refractivity contribution is -0.164. The average molecular weight is 737 g/mol. The molecule has 52 heavy (non-hydrogen) atoms. The Morgan fingerprint density at radius 1 is 0.577 bits per heavy atom. The van der Waals surface area contributed by atoms with Gasteiger partial charge in [-0.3, -0.25) is 29.0 Å². The second-order valence-corrected chi connectivity index (χ2v) is 15.5. The fourth-order valence-corrected chi connectivity index (χ4v) is 6.53. The van der Waals surface area contributed by atoms with E-state index in [9.17, 15) is 38.4 Å². The summed E-state index contributed by atoms with van der Waals surface area (Å²) in [5, 5.41) is 0. The molecule has 18 nitrogen and oxygen atoms in total. The Bertz CT molecular complexity index is 1320. The molecule has 0 aromatic heterocycles. The van der Waals surface area contributed by atoms with Gasteiger partial charge in [0.1, 0.15) is 36.5 Å². The van der Waals surface area contributed by atoms with Gasteiger partial charge in [0.05, 0.1) is 13.1 Å². The van der Waals surface area contributed by atoms with Crippen LogP contribution in [0.15, 0.2) is 0 Å². The molecule has 0 saturated carbocycles. The maximum absolute atomic E-state index is 13.9. The summed E-state index contributed by atoms with van der Waals surface area (Å²) in [7, 11) is 0. The molecule has 4 rings (SSSR count). The van der Waals surface area contributed by atoms with Gasteiger partial charge in [0.15, 0.2) is 0 Å². The summed E-state index contributed by atoms with van der Waals surface area (Å²) >= 11 is 0. The minimum atomic E-state index is -1.34. The number of likely N-dealkylation sites (tertiary alicyclic amines) is 2. The van der Waals surface area contributed by atoms with Crippen molar-refractivity contribution in [1.29, 1.82) is 0 Å². The molecule has 4 aliphatic rings. The van der Waals surface area contributed by atoms with Crippen molar-refractivity contribution < 1.29 is 57.3 Å². The fourth-order valence-electron chi connectivity index (χ4n) is 6.53. The van der Waals surface area contributed by atoms with Gasteiger partial charge in [0, 0.05) is 38.3 Å². The monoisotopic (exact) mass is 736 g/mol. The van der Waals surface area contributed by atoms with Crippen molar-refractivity contribution in [3.05, 3.63) is 0 Å². The predicted molar refractivity (Wildman–Crippen MR) is 180 cm³/mol. The number of nitrogens with zero attached hydrogens (tertiary/aromatic N) is 6. The highest BCUT2D eigenvalue weighted by Crippen LogP contribution is 2.27. The Balaban J connectivity index is 1.62. The summed E-state index contributed by atoms with van der Waals surface area (Å²) in [5.41, 5.74) is -2.05. The molecule has 4 unspecified atom stereocenters. The van der Waals surface area contributed by atoms with Gasteiger partial charge in [-0.2, -0.15) is 9.80 Å². The second kappa shape index (κ2) is 16.1. The van der Waals surface area contributed by atoms with Gasteiger partial charge < -0.3 is 28.7 Å². The number of carbonyl (C=O) groups excluding carboxylic acids is 8. The lowest BCUT2D eigenvalue weighted by Crippen LogP contribution is -2.70. The summed E-state index contributed by atoms with van der Waals surface area (Å²) in [6.45, 7) is 12.7. The summed E-state index contributed by atoms with van der Waals surface area (Å²) < 4.78 is 21.8. The quantitative estimate of drug-likeness (QED) is 0.273. The smallest absolute Gasteiger partial charge is 0.424 e. The zero-order valence-corrected chi connectivity index (χ0v) is 31.4. The fraction of sp³-hybridized carbons (Fsp3) is 0.765. The van der Waals surface area contributed by atoms with E-state index in [4.69, 9.17) is 18.9 Å². The van der Waals surface area contributed by atoms with E-state index in [0.717, 1.165) is 25.7 Å². The van der Waals surface area contributed by atoms with Crippen LogP contribution in [-0.2, 0) is 38.1 Å². The molecule has 0 aromatic rings. The van der Waals surface area contributed by atoms with Gasteiger partial charge >= 0.3 is 24.4 Å². The first kappa shape index (κ1) is 40.5. The molecule has 8 amide bonds. The Hall–Kier alpha value is -4.32. The van der Waals surface area contributed by atoms with E-state index in [-0.39, 0.29) is 0 Å². The molecular weight excluding hydrogens is 684 g/mol. The topological polar surface area (TPSA) is 193 Å². The van der Waals surface area contributed by atoms with Gasteiger partial charge in [0.25, 0.3) is 23.6 Å². The number of imide groups is 6. The lowest BCUT2D eigenvalue weighted by Gasteiger charge is -2.47. The summed E-state index contributed by atoms with van der Waals surface area (Å²) in [5.74, 6) is -3.73. The number of piperazine rings is 2. The number of ether oxygens (including phenoxy) is 4. The van der Waals surface area contributed by atoms with Crippen LogP contribution in [0.25, 0.3) is 0 Å². The zero-order chi connectivity index (χ0) is 38.7. The van der Waals surface area contributed by atoms with Gasteiger partial charge in [-0.15, -0.1) is 0 Å². The Morgan fingerprint density at radius 2 is 0.885 bits per heavy atom. The third-order valence-corrected chi connectivity index (χ3v) is 9.30. The first-order chi connectivity index (χ1) is 24.2. The van der Waals surface area contributed by atoms with Crippen LogP contribution >= 0.6 is 0 Å². The SMILES string of the molecule is CC(C(C)N1CC(=O)N(C(=O)OC(C)(C)C)C(=O)C1COC(=O)N1CCCC1)N1CC(=O)N(C(=O)OC(C)(C)C)C(=O)C1COC(=O)N1CCCC1. The van der Waals surface area contributed by atoms with Crippen molar-refractivity contribution >= 4 is 48.0 Å². The predicted octanol–water partition coefficient (Wildman–Crippen LogP) is 2.18.